The van der Waals surface area contributed by atoms with Gasteiger partial charge in [0.15, 0.2) is 0 Å². The van der Waals surface area contributed by atoms with E-state index in [9.17, 15) is 8.42 Å². The topological polar surface area (TPSA) is 43.9 Å². The first kappa shape index (κ1) is 15.3. The Kier molecular flexibility index (Phi) is 4.67. The smallest absolute Gasteiger partial charge is 0.281 e. The van der Waals surface area contributed by atoms with Gasteiger partial charge in [-0.2, -0.15) is 17.0 Å². The average Bonchev–Trinajstić information content (AvgIpc) is 2.92. The van der Waals surface area contributed by atoms with Gasteiger partial charge < -0.3 is 4.90 Å². The SMILES string of the molecule is CN(C)S(=O)(=O)N(C)Cc1ccccc1N1CCCC1. The lowest BCUT2D eigenvalue weighted by molar-refractivity contribution is 0.414. The van der Waals surface area contributed by atoms with Crippen molar-refractivity contribution in [3.05, 3.63) is 29.8 Å². The Labute approximate surface area is 122 Å². The third kappa shape index (κ3) is 3.13. The van der Waals surface area contributed by atoms with Gasteiger partial charge in [-0.1, -0.05) is 18.2 Å². The van der Waals surface area contributed by atoms with Crippen molar-refractivity contribution in [3.8, 4) is 0 Å². The number of rotatable bonds is 5. The fourth-order valence-electron chi connectivity index (χ4n) is 2.51. The van der Waals surface area contributed by atoms with Crippen molar-refractivity contribution in [2.45, 2.75) is 19.4 Å². The molecule has 0 aliphatic carbocycles. The van der Waals surface area contributed by atoms with Crippen molar-refractivity contribution in [2.75, 3.05) is 39.1 Å². The highest BCUT2D eigenvalue weighted by Crippen LogP contribution is 2.26. The van der Waals surface area contributed by atoms with E-state index in [1.165, 1.54) is 21.5 Å². The number of hydrogen-bond acceptors (Lipinski definition) is 3. The molecule has 0 unspecified atom stereocenters. The molecule has 1 aliphatic rings. The summed E-state index contributed by atoms with van der Waals surface area (Å²) in [5.41, 5.74) is 2.22. The maximum Gasteiger partial charge on any atom is 0.281 e. The molecule has 1 aromatic carbocycles. The lowest BCUT2D eigenvalue weighted by atomic mass is 10.1. The summed E-state index contributed by atoms with van der Waals surface area (Å²) in [6.45, 7) is 2.51. The van der Waals surface area contributed by atoms with Crippen LogP contribution in [0.25, 0.3) is 0 Å². The summed E-state index contributed by atoms with van der Waals surface area (Å²) >= 11 is 0. The summed E-state index contributed by atoms with van der Waals surface area (Å²) in [5, 5.41) is 0. The lowest BCUT2D eigenvalue weighted by Crippen LogP contribution is -2.37. The van der Waals surface area contributed by atoms with Crippen LogP contribution in [0.2, 0.25) is 0 Å². The minimum Gasteiger partial charge on any atom is -0.371 e. The van der Waals surface area contributed by atoms with Crippen molar-refractivity contribution in [3.63, 3.8) is 0 Å². The molecule has 1 aliphatic heterocycles. The fourth-order valence-corrected chi connectivity index (χ4v) is 3.37. The van der Waals surface area contributed by atoms with Crippen LogP contribution in [-0.4, -0.2) is 51.3 Å². The molecule has 2 rings (SSSR count). The maximum atomic E-state index is 12.1. The fraction of sp³-hybridized carbons (Fsp3) is 0.571. The van der Waals surface area contributed by atoms with Crippen LogP contribution in [0.15, 0.2) is 24.3 Å². The van der Waals surface area contributed by atoms with Gasteiger partial charge in [0.2, 0.25) is 0 Å². The highest BCUT2D eigenvalue weighted by atomic mass is 32.2. The number of para-hydroxylation sites is 1. The van der Waals surface area contributed by atoms with Gasteiger partial charge in [0.1, 0.15) is 0 Å². The van der Waals surface area contributed by atoms with Gasteiger partial charge >= 0.3 is 0 Å². The molecule has 0 aromatic heterocycles. The molecule has 1 fully saturated rings. The number of anilines is 1. The van der Waals surface area contributed by atoms with Crippen molar-refractivity contribution in [1.82, 2.24) is 8.61 Å². The zero-order valence-electron chi connectivity index (χ0n) is 12.4. The van der Waals surface area contributed by atoms with Crippen LogP contribution < -0.4 is 4.90 Å². The quantitative estimate of drug-likeness (QED) is 0.828. The molecule has 1 aromatic rings. The van der Waals surface area contributed by atoms with Crippen LogP contribution in [-0.2, 0) is 16.8 Å². The minimum atomic E-state index is -3.37. The van der Waals surface area contributed by atoms with Crippen molar-refractivity contribution < 1.29 is 8.42 Å². The van der Waals surface area contributed by atoms with Gasteiger partial charge in [-0.3, -0.25) is 0 Å². The van der Waals surface area contributed by atoms with Crippen molar-refractivity contribution >= 4 is 15.9 Å². The molecule has 112 valence electrons. The molecule has 0 radical (unpaired) electrons. The van der Waals surface area contributed by atoms with Crippen molar-refractivity contribution in [1.29, 1.82) is 0 Å². The Morgan fingerprint density at radius 1 is 1.10 bits per heavy atom. The first-order valence-electron chi connectivity index (χ1n) is 6.89. The molecule has 0 saturated carbocycles. The Morgan fingerprint density at radius 2 is 1.70 bits per heavy atom. The average molecular weight is 297 g/mol. The second-order valence-electron chi connectivity index (χ2n) is 5.37. The predicted octanol–water partition coefficient (Wildman–Crippen LogP) is 1.52. The van der Waals surface area contributed by atoms with E-state index in [-0.39, 0.29) is 0 Å². The zero-order valence-corrected chi connectivity index (χ0v) is 13.2. The van der Waals surface area contributed by atoms with E-state index >= 15 is 0 Å². The normalized spacial score (nSPS) is 16.4. The van der Waals surface area contributed by atoms with Crippen LogP contribution in [0, 0.1) is 0 Å². The Morgan fingerprint density at radius 3 is 2.30 bits per heavy atom. The molecule has 0 amide bonds. The first-order valence-corrected chi connectivity index (χ1v) is 8.29. The van der Waals surface area contributed by atoms with Gasteiger partial charge in [0.25, 0.3) is 10.2 Å². The number of benzene rings is 1. The van der Waals surface area contributed by atoms with E-state index in [1.807, 2.05) is 18.2 Å². The summed E-state index contributed by atoms with van der Waals surface area (Å²) < 4.78 is 26.8. The van der Waals surface area contributed by atoms with E-state index < -0.39 is 10.2 Å². The van der Waals surface area contributed by atoms with Gasteiger partial charge in [-0.25, -0.2) is 0 Å². The van der Waals surface area contributed by atoms with Crippen LogP contribution in [0.5, 0.6) is 0 Å². The molecule has 0 spiro atoms. The minimum absolute atomic E-state index is 0.396. The molecule has 1 saturated heterocycles. The van der Waals surface area contributed by atoms with Crippen LogP contribution in [0.3, 0.4) is 0 Å². The lowest BCUT2D eigenvalue weighted by Gasteiger charge is -2.25. The molecule has 20 heavy (non-hydrogen) atoms. The molecule has 0 bridgehead atoms. The van der Waals surface area contributed by atoms with Gasteiger partial charge in [-0.05, 0) is 24.5 Å². The van der Waals surface area contributed by atoms with Gasteiger partial charge in [-0.15, -0.1) is 0 Å². The Balaban J connectivity index is 2.21. The summed E-state index contributed by atoms with van der Waals surface area (Å²) in [7, 11) is 1.36. The van der Waals surface area contributed by atoms with E-state index in [2.05, 4.69) is 11.0 Å². The Hall–Kier alpha value is -1.11. The van der Waals surface area contributed by atoms with E-state index in [1.54, 1.807) is 21.1 Å². The molecule has 0 atom stereocenters. The first-order chi connectivity index (χ1) is 9.43. The molecule has 5 nitrogen and oxygen atoms in total. The summed E-state index contributed by atoms with van der Waals surface area (Å²) in [6.07, 6.45) is 2.42. The van der Waals surface area contributed by atoms with Gasteiger partial charge in [0.05, 0.1) is 0 Å². The maximum absolute atomic E-state index is 12.1. The standard InChI is InChI=1S/C14H23N3O2S/c1-15(2)20(18,19)16(3)12-13-8-4-5-9-14(13)17-10-6-7-11-17/h4-5,8-9H,6-7,10-12H2,1-3H3. The third-order valence-corrected chi connectivity index (χ3v) is 5.53. The highest BCUT2D eigenvalue weighted by Gasteiger charge is 2.23. The highest BCUT2D eigenvalue weighted by molar-refractivity contribution is 7.86. The summed E-state index contributed by atoms with van der Waals surface area (Å²) in [6, 6.07) is 8.06. The number of nitrogens with zero attached hydrogens (tertiary/aromatic N) is 3. The Bertz CT molecular complexity index is 551. The molecular weight excluding hydrogens is 274 g/mol. The second kappa shape index (κ2) is 6.11. The third-order valence-electron chi connectivity index (χ3n) is 3.69. The number of hydrogen-bond donors (Lipinski definition) is 0. The molecule has 6 heteroatoms. The van der Waals surface area contributed by atoms with E-state index in [4.69, 9.17) is 0 Å². The van der Waals surface area contributed by atoms with Crippen LogP contribution in [0.4, 0.5) is 5.69 Å². The van der Waals surface area contributed by atoms with Gasteiger partial charge in [0, 0.05) is 46.5 Å². The molecular formula is C14H23N3O2S. The second-order valence-corrected chi connectivity index (χ2v) is 7.62. The monoisotopic (exact) mass is 297 g/mol. The summed E-state index contributed by atoms with van der Waals surface area (Å²) in [5.74, 6) is 0. The van der Waals surface area contributed by atoms with Crippen LogP contribution >= 0.6 is 0 Å². The summed E-state index contributed by atoms with van der Waals surface area (Å²) in [4.78, 5) is 2.34. The zero-order chi connectivity index (χ0) is 14.8. The van der Waals surface area contributed by atoms with Crippen molar-refractivity contribution in [2.24, 2.45) is 0 Å². The molecule has 1 heterocycles. The van der Waals surface area contributed by atoms with E-state index in [0.717, 1.165) is 24.3 Å². The van der Waals surface area contributed by atoms with E-state index in [0.29, 0.717) is 6.54 Å². The van der Waals surface area contributed by atoms with Crippen LogP contribution in [0.1, 0.15) is 18.4 Å². The molecule has 0 N–H and O–H groups in total. The largest absolute Gasteiger partial charge is 0.371 e. The predicted molar refractivity (Wildman–Crippen MR) is 82.0 cm³/mol.